The summed E-state index contributed by atoms with van der Waals surface area (Å²) >= 11 is 0. The molecule has 0 amide bonds. The molecule has 2 heterocycles. The molecule has 0 saturated heterocycles. The number of anilines is 1. The van der Waals surface area contributed by atoms with Crippen molar-refractivity contribution in [1.29, 1.82) is 0 Å². The van der Waals surface area contributed by atoms with E-state index in [0.29, 0.717) is 18.3 Å². The molecule has 1 saturated carbocycles. The monoisotopic (exact) mass is 437 g/mol. The van der Waals surface area contributed by atoms with Crippen LogP contribution in [0.4, 0.5) is 5.82 Å². The van der Waals surface area contributed by atoms with E-state index in [0.717, 1.165) is 49.0 Å². The molecule has 0 radical (unpaired) electrons. The van der Waals surface area contributed by atoms with Gasteiger partial charge in [0.1, 0.15) is 17.8 Å². The van der Waals surface area contributed by atoms with Crippen LogP contribution < -0.4 is 4.90 Å². The van der Waals surface area contributed by atoms with E-state index in [9.17, 15) is 4.21 Å². The van der Waals surface area contributed by atoms with Gasteiger partial charge in [0.2, 0.25) is 0 Å². The SMILES string of the molecule is CCN=S(=O)(C=C1CCC(N(C)c2ncnc3[nH]ccc23)CC1)CCc1ccccc1. The van der Waals surface area contributed by atoms with Crippen LogP contribution in [-0.4, -0.2) is 44.5 Å². The Morgan fingerprint density at radius 1 is 1.19 bits per heavy atom. The summed E-state index contributed by atoms with van der Waals surface area (Å²) in [5.74, 6) is 1.56. The number of nitrogens with one attached hydrogen (secondary N) is 1. The third kappa shape index (κ3) is 5.15. The highest BCUT2D eigenvalue weighted by atomic mass is 32.2. The summed E-state index contributed by atoms with van der Waals surface area (Å²) in [5.41, 5.74) is 3.37. The number of hydrogen-bond donors (Lipinski definition) is 1. The maximum Gasteiger partial charge on any atom is 0.142 e. The number of fused-ring (bicyclic) bond motifs is 1. The molecule has 1 aliphatic rings. The van der Waals surface area contributed by atoms with Crippen LogP contribution in [0.3, 0.4) is 0 Å². The number of rotatable bonds is 7. The van der Waals surface area contributed by atoms with Crippen molar-refractivity contribution in [3.8, 4) is 0 Å². The Balaban J connectivity index is 1.43. The van der Waals surface area contributed by atoms with Gasteiger partial charge < -0.3 is 9.88 Å². The molecule has 1 aliphatic carbocycles. The van der Waals surface area contributed by atoms with E-state index in [4.69, 9.17) is 0 Å². The first-order valence-corrected chi connectivity index (χ1v) is 12.8. The second kappa shape index (κ2) is 9.64. The van der Waals surface area contributed by atoms with Crippen LogP contribution in [0.5, 0.6) is 0 Å². The molecule has 7 heteroatoms. The third-order valence-electron chi connectivity index (χ3n) is 6.04. The number of allylic oxidation sites excluding steroid dienone is 1. The van der Waals surface area contributed by atoms with Gasteiger partial charge in [-0.25, -0.2) is 18.5 Å². The molecule has 1 N–H and O–H groups in total. The number of nitrogens with zero attached hydrogens (tertiary/aromatic N) is 4. The summed E-state index contributed by atoms with van der Waals surface area (Å²) < 4.78 is 18.0. The minimum absolute atomic E-state index is 0.411. The van der Waals surface area contributed by atoms with Crippen molar-refractivity contribution < 1.29 is 4.21 Å². The van der Waals surface area contributed by atoms with Crippen LogP contribution in [0.2, 0.25) is 0 Å². The zero-order chi connectivity index (χ0) is 21.7. The van der Waals surface area contributed by atoms with Crippen LogP contribution in [0, 0.1) is 0 Å². The number of H-pyrrole nitrogens is 1. The van der Waals surface area contributed by atoms with Crippen molar-refractivity contribution >= 4 is 26.6 Å². The van der Waals surface area contributed by atoms with Crippen molar-refractivity contribution in [2.45, 2.75) is 45.1 Å². The van der Waals surface area contributed by atoms with Crippen LogP contribution in [0.15, 0.2) is 64.3 Å². The van der Waals surface area contributed by atoms with Crippen molar-refractivity contribution in [2.24, 2.45) is 4.36 Å². The third-order valence-corrected chi connectivity index (χ3v) is 8.22. The molecule has 4 rings (SSSR count). The number of benzene rings is 1. The van der Waals surface area contributed by atoms with Gasteiger partial charge in [-0.2, -0.15) is 0 Å². The fourth-order valence-electron chi connectivity index (χ4n) is 4.34. The molecule has 0 bridgehead atoms. The molecule has 1 atom stereocenters. The molecule has 2 aromatic heterocycles. The first-order valence-electron chi connectivity index (χ1n) is 11.0. The Bertz CT molecular complexity index is 1150. The molecule has 3 aromatic rings. The Labute approximate surface area is 185 Å². The highest BCUT2D eigenvalue weighted by Gasteiger charge is 2.24. The van der Waals surface area contributed by atoms with E-state index in [-0.39, 0.29) is 0 Å². The lowest BCUT2D eigenvalue weighted by Gasteiger charge is -2.33. The van der Waals surface area contributed by atoms with Crippen LogP contribution in [-0.2, 0) is 16.1 Å². The maximum absolute atomic E-state index is 13.5. The van der Waals surface area contributed by atoms with Gasteiger partial charge in [0.05, 0.1) is 15.1 Å². The normalized spacial score (nSPS) is 18.5. The lowest BCUT2D eigenvalue weighted by molar-refractivity contribution is 0.489. The molecular formula is C24H31N5OS. The Morgan fingerprint density at radius 2 is 1.97 bits per heavy atom. The van der Waals surface area contributed by atoms with E-state index in [1.807, 2.05) is 42.8 Å². The molecule has 1 unspecified atom stereocenters. The summed E-state index contributed by atoms with van der Waals surface area (Å²) in [6.07, 6.45) is 8.28. The predicted octanol–water partition coefficient (Wildman–Crippen LogP) is 4.95. The van der Waals surface area contributed by atoms with Crippen LogP contribution in [0.25, 0.3) is 11.0 Å². The molecule has 1 aromatic carbocycles. The first-order chi connectivity index (χ1) is 15.1. The van der Waals surface area contributed by atoms with Crippen molar-refractivity contribution in [3.05, 3.63) is 65.5 Å². The highest BCUT2D eigenvalue weighted by Crippen LogP contribution is 2.31. The van der Waals surface area contributed by atoms with Gasteiger partial charge in [0.25, 0.3) is 0 Å². The van der Waals surface area contributed by atoms with Crippen molar-refractivity contribution in [1.82, 2.24) is 15.0 Å². The van der Waals surface area contributed by atoms with Gasteiger partial charge >= 0.3 is 0 Å². The first kappa shape index (κ1) is 21.6. The lowest BCUT2D eigenvalue weighted by Crippen LogP contribution is -2.34. The Kier molecular flexibility index (Phi) is 6.70. The molecule has 0 aliphatic heterocycles. The van der Waals surface area contributed by atoms with E-state index in [1.54, 1.807) is 6.33 Å². The number of aromatic amines is 1. The summed E-state index contributed by atoms with van der Waals surface area (Å²) in [5, 5.41) is 3.06. The largest absolute Gasteiger partial charge is 0.356 e. The highest BCUT2D eigenvalue weighted by molar-refractivity contribution is 7.96. The van der Waals surface area contributed by atoms with E-state index >= 15 is 0 Å². The summed E-state index contributed by atoms with van der Waals surface area (Å²) in [4.78, 5) is 14.3. The van der Waals surface area contributed by atoms with E-state index < -0.39 is 9.73 Å². The van der Waals surface area contributed by atoms with E-state index in [2.05, 4.69) is 43.4 Å². The summed E-state index contributed by atoms with van der Waals surface area (Å²) in [6, 6.07) is 12.7. The zero-order valence-corrected chi connectivity index (χ0v) is 19.1. The van der Waals surface area contributed by atoms with E-state index in [1.165, 1.54) is 11.1 Å². The second-order valence-corrected chi connectivity index (χ2v) is 10.4. The lowest BCUT2D eigenvalue weighted by atomic mass is 9.91. The smallest absolute Gasteiger partial charge is 0.142 e. The van der Waals surface area contributed by atoms with Gasteiger partial charge in [-0.15, -0.1) is 0 Å². The van der Waals surface area contributed by atoms with Gasteiger partial charge in [-0.05, 0) is 50.7 Å². The Morgan fingerprint density at radius 3 is 2.71 bits per heavy atom. The molecule has 31 heavy (non-hydrogen) atoms. The van der Waals surface area contributed by atoms with Gasteiger partial charge in [-0.1, -0.05) is 35.9 Å². The summed E-state index contributed by atoms with van der Waals surface area (Å²) in [7, 11) is -0.209. The standard InChI is InChI=1S/C24H31N5OS/c1-3-28-31(30,16-14-19-7-5-4-6-8-19)17-20-9-11-21(12-10-20)29(2)24-22-13-15-25-23(22)26-18-27-24/h4-8,13,15,17-18,21H,3,9-12,14,16H2,1-2H3,(H,25,26,27). The topological polar surface area (TPSA) is 74.2 Å². The minimum Gasteiger partial charge on any atom is -0.356 e. The number of aromatic nitrogens is 3. The fourth-order valence-corrected chi connectivity index (χ4v) is 6.38. The van der Waals surface area contributed by atoms with Gasteiger partial charge in [0.15, 0.2) is 0 Å². The number of hydrogen-bond acceptors (Lipinski definition) is 5. The fraction of sp³-hybridized carbons (Fsp3) is 0.417. The zero-order valence-electron chi connectivity index (χ0n) is 18.3. The molecule has 1 fully saturated rings. The summed E-state index contributed by atoms with van der Waals surface area (Å²) in [6.45, 7) is 2.55. The van der Waals surface area contributed by atoms with Crippen LogP contribution >= 0.6 is 0 Å². The molecule has 0 spiro atoms. The molecule has 164 valence electrons. The van der Waals surface area contributed by atoms with Crippen molar-refractivity contribution in [2.75, 3.05) is 24.2 Å². The molecule has 6 nitrogen and oxygen atoms in total. The predicted molar refractivity (Wildman–Crippen MR) is 129 cm³/mol. The number of aryl methyl sites for hydroxylation is 1. The van der Waals surface area contributed by atoms with Gasteiger partial charge in [-0.3, -0.25) is 0 Å². The van der Waals surface area contributed by atoms with Crippen molar-refractivity contribution in [3.63, 3.8) is 0 Å². The average molecular weight is 438 g/mol. The quantitative estimate of drug-likeness (QED) is 0.567. The minimum atomic E-state index is -2.32. The Hall–Kier alpha value is -2.67. The van der Waals surface area contributed by atoms with Gasteiger partial charge in [0, 0.05) is 37.0 Å². The molecular weight excluding hydrogens is 406 g/mol. The van der Waals surface area contributed by atoms with Crippen LogP contribution in [0.1, 0.15) is 38.2 Å². The maximum atomic E-state index is 13.5. The average Bonchev–Trinajstić information content (AvgIpc) is 3.28. The second-order valence-electron chi connectivity index (χ2n) is 8.13.